The van der Waals surface area contributed by atoms with Crippen LogP contribution in [0.2, 0.25) is 0 Å². The summed E-state index contributed by atoms with van der Waals surface area (Å²) < 4.78 is 0. The second kappa shape index (κ2) is 4.92. The molecule has 0 bridgehead atoms. The zero-order chi connectivity index (χ0) is 10.7. The molecule has 0 amide bonds. The third kappa shape index (κ3) is 2.68. The van der Waals surface area contributed by atoms with Crippen LogP contribution in [-0.2, 0) is 6.54 Å². The van der Waals surface area contributed by atoms with Crippen LogP contribution in [0, 0.1) is 0 Å². The van der Waals surface area contributed by atoms with Gasteiger partial charge in [-0.05, 0) is 6.42 Å². The molecule has 1 atom stereocenters. The van der Waals surface area contributed by atoms with Gasteiger partial charge in [0.15, 0.2) is 0 Å². The Hall–Kier alpha value is -0.650. The van der Waals surface area contributed by atoms with Gasteiger partial charge in [-0.1, -0.05) is 18.3 Å². The summed E-state index contributed by atoms with van der Waals surface area (Å²) in [6.07, 6.45) is 1.15. The molecule has 84 valence electrons. The number of H-pyrrole nitrogens is 1. The van der Waals surface area contributed by atoms with E-state index in [1.54, 1.807) is 0 Å². The summed E-state index contributed by atoms with van der Waals surface area (Å²) >= 11 is 1.25. The van der Waals surface area contributed by atoms with Gasteiger partial charge >= 0.3 is 4.87 Å². The first-order chi connectivity index (χ1) is 7.29. The molecule has 1 aromatic rings. The molecule has 2 rings (SSSR count). The largest absolute Gasteiger partial charge is 0.315 e. The number of piperazine rings is 1. The highest BCUT2D eigenvalue weighted by molar-refractivity contribution is 7.07. The fourth-order valence-corrected chi connectivity index (χ4v) is 2.60. The van der Waals surface area contributed by atoms with Crippen molar-refractivity contribution >= 4 is 11.3 Å². The van der Waals surface area contributed by atoms with Gasteiger partial charge in [0.25, 0.3) is 0 Å². The molecule has 15 heavy (non-hydrogen) atoms. The molecule has 0 spiro atoms. The highest BCUT2D eigenvalue weighted by Gasteiger charge is 2.20. The van der Waals surface area contributed by atoms with Crippen molar-refractivity contribution in [3.8, 4) is 0 Å². The number of nitrogens with one attached hydrogen (secondary N) is 2. The van der Waals surface area contributed by atoms with E-state index in [9.17, 15) is 4.79 Å². The van der Waals surface area contributed by atoms with E-state index in [4.69, 9.17) is 0 Å². The first-order valence-corrected chi connectivity index (χ1v) is 6.29. The average Bonchev–Trinajstić information content (AvgIpc) is 2.65. The van der Waals surface area contributed by atoms with Crippen LogP contribution in [0.3, 0.4) is 0 Å². The first kappa shape index (κ1) is 10.9. The maximum atomic E-state index is 11.0. The number of thiazole rings is 1. The lowest BCUT2D eigenvalue weighted by molar-refractivity contribution is 0.147. The number of hydrogen-bond donors (Lipinski definition) is 2. The van der Waals surface area contributed by atoms with Crippen molar-refractivity contribution in [2.45, 2.75) is 25.9 Å². The number of hydrogen-bond acceptors (Lipinski definition) is 4. The Morgan fingerprint density at radius 2 is 2.53 bits per heavy atom. The summed E-state index contributed by atoms with van der Waals surface area (Å²) in [5.41, 5.74) is 1.05. The third-order valence-corrected chi connectivity index (χ3v) is 3.61. The molecule has 0 aliphatic carbocycles. The quantitative estimate of drug-likeness (QED) is 0.796. The van der Waals surface area contributed by atoms with Gasteiger partial charge in [0, 0.05) is 43.3 Å². The lowest BCUT2D eigenvalue weighted by Gasteiger charge is -2.35. The summed E-state index contributed by atoms with van der Waals surface area (Å²) in [5.74, 6) is 0. The Kier molecular flexibility index (Phi) is 3.56. The normalized spacial score (nSPS) is 23.1. The zero-order valence-electron chi connectivity index (χ0n) is 8.95. The summed E-state index contributed by atoms with van der Waals surface area (Å²) in [6, 6.07) is 0.599. The van der Waals surface area contributed by atoms with E-state index in [1.807, 2.05) is 5.38 Å². The zero-order valence-corrected chi connectivity index (χ0v) is 9.77. The molecule has 1 fully saturated rings. The summed E-state index contributed by atoms with van der Waals surface area (Å²) in [4.78, 5) is 16.4. The molecule has 4 nitrogen and oxygen atoms in total. The van der Waals surface area contributed by atoms with Gasteiger partial charge in [-0.25, -0.2) is 0 Å². The van der Waals surface area contributed by atoms with Gasteiger partial charge in [-0.15, -0.1) is 0 Å². The van der Waals surface area contributed by atoms with Crippen LogP contribution in [0.4, 0.5) is 0 Å². The lowest BCUT2D eigenvalue weighted by atomic mass is 10.1. The molecule has 1 aromatic heterocycles. The molecule has 2 N–H and O–H groups in total. The lowest BCUT2D eigenvalue weighted by Crippen LogP contribution is -2.50. The van der Waals surface area contributed by atoms with Crippen molar-refractivity contribution in [2.75, 3.05) is 19.6 Å². The van der Waals surface area contributed by atoms with Crippen molar-refractivity contribution in [3.05, 3.63) is 20.7 Å². The second-order valence-corrected chi connectivity index (χ2v) is 4.75. The minimum Gasteiger partial charge on any atom is -0.315 e. The van der Waals surface area contributed by atoms with Gasteiger partial charge in [-0.2, -0.15) is 0 Å². The molecule has 5 heteroatoms. The average molecular weight is 227 g/mol. The number of aromatic amines is 1. The molecule has 0 radical (unpaired) electrons. The van der Waals surface area contributed by atoms with Gasteiger partial charge in [0.2, 0.25) is 0 Å². The summed E-state index contributed by atoms with van der Waals surface area (Å²) in [7, 11) is 0. The number of aromatic nitrogens is 1. The van der Waals surface area contributed by atoms with E-state index in [-0.39, 0.29) is 4.87 Å². The van der Waals surface area contributed by atoms with E-state index in [0.29, 0.717) is 6.04 Å². The van der Waals surface area contributed by atoms with Crippen LogP contribution in [0.5, 0.6) is 0 Å². The van der Waals surface area contributed by atoms with Gasteiger partial charge in [-0.3, -0.25) is 9.69 Å². The molecule has 1 aliphatic heterocycles. The SMILES string of the molecule is CCC1CNCCN1Cc1csc(=O)[nH]1. The Balaban J connectivity index is 2.00. The van der Waals surface area contributed by atoms with Crippen molar-refractivity contribution in [2.24, 2.45) is 0 Å². The predicted molar refractivity (Wildman–Crippen MR) is 62.3 cm³/mol. The third-order valence-electron chi connectivity index (χ3n) is 2.89. The second-order valence-electron chi connectivity index (χ2n) is 3.91. The monoisotopic (exact) mass is 227 g/mol. The number of rotatable bonds is 3. The summed E-state index contributed by atoms with van der Waals surface area (Å²) in [6.45, 7) is 6.26. The van der Waals surface area contributed by atoms with Gasteiger partial charge < -0.3 is 10.3 Å². The van der Waals surface area contributed by atoms with E-state index in [1.165, 1.54) is 11.3 Å². The Morgan fingerprint density at radius 1 is 1.67 bits per heavy atom. The van der Waals surface area contributed by atoms with E-state index >= 15 is 0 Å². The molecule has 1 aliphatic rings. The van der Waals surface area contributed by atoms with E-state index in [0.717, 1.165) is 38.3 Å². The van der Waals surface area contributed by atoms with Crippen LogP contribution < -0.4 is 10.2 Å². The Bertz CT molecular complexity index is 360. The van der Waals surface area contributed by atoms with E-state index < -0.39 is 0 Å². The maximum absolute atomic E-state index is 11.0. The smallest absolute Gasteiger partial charge is 0.304 e. The highest BCUT2D eigenvalue weighted by atomic mass is 32.1. The fourth-order valence-electron chi connectivity index (χ4n) is 2.02. The highest BCUT2D eigenvalue weighted by Crippen LogP contribution is 2.11. The molecule has 0 saturated carbocycles. The topological polar surface area (TPSA) is 48.1 Å². The fraction of sp³-hybridized carbons (Fsp3) is 0.700. The molecule has 1 saturated heterocycles. The molecular formula is C10H17N3OS. The molecular weight excluding hydrogens is 210 g/mol. The van der Waals surface area contributed by atoms with Gasteiger partial charge in [0.1, 0.15) is 0 Å². The van der Waals surface area contributed by atoms with E-state index in [2.05, 4.69) is 22.1 Å². The van der Waals surface area contributed by atoms with Crippen molar-refractivity contribution < 1.29 is 0 Å². The van der Waals surface area contributed by atoms with Crippen LogP contribution >= 0.6 is 11.3 Å². The number of nitrogens with zero attached hydrogens (tertiary/aromatic N) is 1. The maximum Gasteiger partial charge on any atom is 0.304 e. The molecule has 2 heterocycles. The standard InChI is InChI=1S/C10H17N3OS/c1-2-9-5-11-3-4-13(9)6-8-7-15-10(14)12-8/h7,9,11H,2-6H2,1H3,(H,12,14). The Morgan fingerprint density at radius 3 is 3.20 bits per heavy atom. The van der Waals surface area contributed by atoms with Crippen molar-refractivity contribution in [1.82, 2.24) is 15.2 Å². The van der Waals surface area contributed by atoms with Crippen molar-refractivity contribution in [3.63, 3.8) is 0 Å². The molecule has 1 unspecified atom stereocenters. The predicted octanol–water partition coefficient (Wildman–Crippen LogP) is 0.620. The minimum atomic E-state index is 0.0492. The summed E-state index contributed by atoms with van der Waals surface area (Å²) in [5, 5.41) is 5.32. The molecule has 0 aromatic carbocycles. The van der Waals surface area contributed by atoms with Crippen LogP contribution in [-0.4, -0.2) is 35.6 Å². The first-order valence-electron chi connectivity index (χ1n) is 5.41. The van der Waals surface area contributed by atoms with Crippen LogP contribution in [0.25, 0.3) is 0 Å². The van der Waals surface area contributed by atoms with Crippen molar-refractivity contribution in [1.29, 1.82) is 0 Å². The van der Waals surface area contributed by atoms with Gasteiger partial charge in [0.05, 0.1) is 0 Å². The van der Waals surface area contributed by atoms with Crippen LogP contribution in [0.15, 0.2) is 10.2 Å². The van der Waals surface area contributed by atoms with Crippen LogP contribution in [0.1, 0.15) is 19.0 Å². The minimum absolute atomic E-state index is 0.0492. The Labute approximate surface area is 93.3 Å².